The molecule has 0 fully saturated rings. The van der Waals surface area contributed by atoms with Gasteiger partial charge in [0.1, 0.15) is 0 Å². The van der Waals surface area contributed by atoms with Gasteiger partial charge in [0.2, 0.25) is 5.78 Å². The average Bonchev–Trinajstić information content (AvgIpc) is 3.20. The van der Waals surface area contributed by atoms with Crippen molar-refractivity contribution in [2.75, 3.05) is 0 Å². The minimum atomic E-state index is -0.551. The topological polar surface area (TPSA) is 75.3 Å². The third kappa shape index (κ3) is 3.81. The van der Waals surface area contributed by atoms with Crippen molar-refractivity contribution in [1.29, 1.82) is 0 Å². The van der Waals surface area contributed by atoms with Crippen molar-refractivity contribution in [3.63, 3.8) is 0 Å². The SMILES string of the molecule is O=C(NNC(=O)c1ccccc1C(=O)c1cccs1)c1ccccc1. The molecule has 0 saturated heterocycles. The molecule has 5 nitrogen and oxygen atoms in total. The number of amides is 2. The molecule has 6 heteroatoms. The van der Waals surface area contributed by atoms with Crippen LogP contribution in [0.3, 0.4) is 0 Å². The van der Waals surface area contributed by atoms with Gasteiger partial charge >= 0.3 is 0 Å². The van der Waals surface area contributed by atoms with Crippen LogP contribution in [0.5, 0.6) is 0 Å². The normalized spacial score (nSPS) is 10.1. The van der Waals surface area contributed by atoms with Gasteiger partial charge in [-0.15, -0.1) is 11.3 Å². The molecule has 3 aromatic rings. The second kappa shape index (κ2) is 7.55. The van der Waals surface area contributed by atoms with Crippen LogP contribution in [0.25, 0.3) is 0 Å². The maximum atomic E-state index is 12.5. The quantitative estimate of drug-likeness (QED) is 0.561. The Morgan fingerprint density at radius 1 is 0.680 bits per heavy atom. The third-order valence-electron chi connectivity index (χ3n) is 3.49. The Bertz CT molecular complexity index is 905. The van der Waals surface area contributed by atoms with E-state index in [1.807, 2.05) is 0 Å². The number of nitrogens with one attached hydrogen (secondary N) is 2. The molecule has 0 bridgehead atoms. The predicted molar refractivity (Wildman–Crippen MR) is 95.6 cm³/mol. The number of benzene rings is 2. The van der Waals surface area contributed by atoms with E-state index in [2.05, 4.69) is 10.9 Å². The molecule has 25 heavy (non-hydrogen) atoms. The maximum Gasteiger partial charge on any atom is 0.270 e. The van der Waals surface area contributed by atoms with Crippen LogP contribution >= 0.6 is 11.3 Å². The molecule has 2 amide bonds. The fraction of sp³-hybridized carbons (Fsp3) is 0. The van der Waals surface area contributed by atoms with Gasteiger partial charge in [-0.05, 0) is 29.6 Å². The maximum absolute atomic E-state index is 12.5. The summed E-state index contributed by atoms with van der Waals surface area (Å²) in [4.78, 5) is 37.5. The summed E-state index contributed by atoms with van der Waals surface area (Å²) in [6.07, 6.45) is 0. The minimum absolute atomic E-state index is 0.203. The summed E-state index contributed by atoms with van der Waals surface area (Å²) in [5.74, 6) is -1.21. The van der Waals surface area contributed by atoms with Gasteiger partial charge in [-0.1, -0.05) is 42.5 Å². The molecule has 2 aromatic carbocycles. The molecule has 0 saturated carbocycles. The third-order valence-corrected chi connectivity index (χ3v) is 4.36. The summed E-state index contributed by atoms with van der Waals surface area (Å²) >= 11 is 1.31. The fourth-order valence-corrected chi connectivity index (χ4v) is 2.94. The zero-order chi connectivity index (χ0) is 17.6. The van der Waals surface area contributed by atoms with Crippen LogP contribution in [0.2, 0.25) is 0 Å². The summed E-state index contributed by atoms with van der Waals surface area (Å²) in [6.45, 7) is 0. The first kappa shape index (κ1) is 16.6. The van der Waals surface area contributed by atoms with Gasteiger partial charge < -0.3 is 0 Å². The molecule has 1 aromatic heterocycles. The number of carbonyl (C=O) groups is 3. The monoisotopic (exact) mass is 350 g/mol. The van der Waals surface area contributed by atoms with Gasteiger partial charge in [-0.3, -0.25) is 25.2 Å². The first-order valence-electron chi connectivity index (χ1n) is 7.50. The van der Waals surface area contributed by atoms with E-state index in [0.717, 1.165) is 0 Å². The molecule has 0 radical (unpaired) electrons. The van der Waals surface area contributed by atoms with Crippen LogP contribution in [-0.2, 0) is 0 Å². The highest BCUT2D eigenvalue weighted by molar-refractivity contribution is 7.12. The number of rotatable bonds is 4. The molecular weight excluding hydrogens is 336 g/mol. The Morgan fingerprint density at radius 3 is 2.00 bits per heavy atom. The second-order valence-corrected chi connectivity index (χ2v) is 6.07. The zero-order valence-corrected chi connectivity index (χ0v) is 13.9. The van der Waals surface area contributed by atoms with Crippen molar-refractivity contribution in [1.82, 2.24) is 10.9 Å². The Hall–Kier alpha value is -3.25. The van der Waals surface area contributed by atoms with Crippen LogP contribution in [0.15, 0.2) is 72.1 Å². The molecule has 124 valence electrons. The molecular formula is C19H14N2O3S. The molecule has 0 spiro atoms. The number of hydrogen-bond donors (Lipinski definition) is 2. The molecule has 1 heterocycles. The largest absolute Gasteiger partial charge is 0.288 e. The van der Waals surface area contributed by atoms with Gasteiger partial charge in [0, 0.05) is 11.1 Å². The highest BCUT2D eigenvalue weighted by atomic mass is 32.1. The van der Waals surface area contributed by atoms with Gasteiger partial charge in [0.15, 0.2) is 0 Å². The van der Waals surface area contributed by atoms with E-state index >= 15 is 0 Å². The van der Waals surface area contributed by atoms with Crippen LogP contribution < -0.4 is 10.9 Å². The van der Waals surface area contributed by atoms with Crippen molar-refractivity contribution in [2.24, 2.45) is 0 Å². The van der Waals surface area contributed by atoms with E-state index in [9.17, 15) is 14.4 Å². The van der Waals surface area contributed by atoms with Crippen LogP contribution in [0.1, 0.15) is 36.0 Å². The Kier molecular flexibility index (Phi) is 5.01. The van der Waals surface area contributed by atoms with Gasteiger partial charge in [-0.25, -0.2) is 0 Å². The van der Waals surface area contributed by atoms with Crippen LogP contribution in [0.4, 0.5) is 0 Å². The predicted octanol–water partition coefficient (Wildman–Crippen LogP) is 3.05. The molecule has 0 unspecified atom stereocenters. The summed E-state index contributed by atoms with van der Waals surface area (Å²) < 4.78 is 0. The average molecular weight is 350 g/mol. The molecule has 0 aliphatic rings. The summed E-state index contributed by atoms with van der Waals surface area (Å²) in [7, 11) is 0. The smallest absolute Gasteiger partial charge is 0.270 e. The first-order chi connectivity index (χ1) is 12.2. The molecule has 2 N–H and O–H groups in total. The lowest BCUT2D eigenvalue weighted by Crippen LogP contribution is -2.42. The van der Waals surface area contributed by atoms with Crippen LogP contribution in [0, 0.1) is 0 Å². The Balaban J connectivity index is 1.75. The number of carbonyl (C=O) groups excluding carboxylic acids is 3. The van der Waals surface area contributed by atoms with Crippen molar-refractivity contribution in [2.45, 2.75) is 0 Å². The van der Waals surface area contributed by atoms with E-state index in [0.29, 0.717) is 10.4 Å². The molecule has 0 aliphatic heterocycles. The van der Waals surface area contributed by atoms with Crippen LogP contribution in [-0.4, -0.2) is 17.6 Å². The Labute approximate surface area is 148 Å². The lowest BCUT2D eigenvalue weighted by molar-refractivity contribution is 0.0845. The summed E-state index contributed by atoms with van der Waals surface area (Å²) in [5.41, 5.74) is 5.61. The van der Waals surface area contributed by atoms with E-state index in [1.165, 1.54) is 11.3 Å². The highest BCUT2D eigenvalue weighted by Crippen LogP contribution is 2.18. The van der Waals surface area contributed by atoms with Crippen molar-refractivity contribution in [3.8, 4) is 0 Å². The van der Waals surface area contributed by atoms with E-state index < -0.39 is 11.8 Å². The number of ketones is 1. The van der Waals surface area contributed by atoms with Gasteiger partial charge in [-0.2, -0.15) is 0 Å². The lowest BCUT2D eigenvalue weighted by atomic mass is 10.0. The standard InChI is InChI=1S/C19H14N2O3S/c22-17(16-11-6-12-25-16)14-9-4-5-10-15(14)19(24)21-20-18(23)13-7-2-1-3-8-13/h1-12H,(H,20,23)(H,21,24). The van der Waals surface area contributed by atoms with Gasteiger partial charge in [0.05, 0.1) is 10.4 Å². The molecule has 0 atom stereocenters. The van der Waals surface area contributed by atoms with E-state index in [1.54, 1.807) is 72.1 Å². The molecule has 0 aliphatic carbocycles. The minimum Gasteiger partial charge on any atom is -0.288 e. The molecule has 3 rings (SSSR count). The number of hydrogen-bond acceptors (Lipinski definition) is 4. The number of thiophene rings is 1. The lowest BCUT2D eigenvalue weighted by Gasteiger charge is -2.10. The highest BCUT2D eigenvalue weighted by Gasteiger charge is 2.19. The summed E-state index contributed by atoms with van der Waals surface area (Å²) in [6, 6.07) is 18.5. The Morgan fingerprint density at radius 2 is 1.32 bits per heavy atom. The van der Waals surface area contributed by atoms with Crippen molar-refractivity contribution >= 4 is 28.9 Å². The van der Waals surface area contributed by atoms with E-state index in [-0.39, 0.29) is 16.9 Å². The first-order valence-corrected chi connectivity index (χ1v) is 8.38. The zero-order valence-electron chi connectivity index (χ0n) is 13.1. The second-order valence-electron chi connectivity index (χ2n) is 5.13. The summed E-state index contributed by atoms with van der Waals surface area (Å²) in [5, 5.41) is 1.80. The van der Waals surface area contributed by atoms with Crippen molar-refractivity contribution < 1.29 is 14.4 Å². The number of hydrazine groups is 1. The van der Waals surface area contributed by atoms with Crippen molar-refractivity contribution in [3.05, 3.63) is 93.7 Å². The fourth-order valence-electron chi connectivity index (χ4n) is 2.26. The van der Waals surface area contributed by atoms with Gasteiger partial charge in [0.25, 0.3) is 11.8 Å². The van der Waals surface area contributed by atoms with E-state index in [4.69, 9.17) is 0 Å².